The van der Waals surface area contributed by atoms with Crippen LogP contribution in [0.3, 0.4) is 0 Å². The van der Waals surface area contributed by atoms with Crippen LogP contribution in [-0.2, 0) is 0 Å². The number of rotatable bonds is 2. The fraction of sp³-hybridized carbons (Fsp3) is 0. The molecule has 0 radical (unpaired) electrons. The van der Waals surface area contributed by atoms with E-state index in [0.29, 0.717) is 5.56 Å². The largest absolute Gasteiger partial charge is 0.456 e. The zero-order valence-electron chi connectivity index (χ0n) is 11.2. The Morgan fingerprint density at radius 3 is 2.52 bits per heavy atom. The Hall–Kier alpha value is -2.87. The van der Waals surface area contributed by atoms with Crippen LogP contribution in [0.15, 0.2) is 71.1 Å². The van der Waals surface area contributed by atoms with Gasteiger partial charge in [0.25, 0.3) is 0 Å². The molecule has 4 rings (SSSR count). The van der Waals surface area contributed by atoms with Crippen LogP contribution in [0.4, 0.5) is 0 Å². The molecule has 0 unspecified atom stereocenters. The second-order valence-corrected chi connectivity index (χ2v) is 5.02. The van der Waals surface area contributed by atoms with Crippen molar-refractivity contribution >= 4 is 28.2 Å². The molecule has 1 aromatic heterocycles. The van der Waals surface area contributed by atoms with Gasteiger partial charge in [-0.1, -0.05) is 48.5 Å². The summed E-state index contributed by atoms with van der Waals surface area (Å²) in [5, 5.41) is 2.19. The maximum Gasteiger partial charge on any atom is 0.150 e. The van der Waals surface area contributed by atoms with Crippen LogP contribution in [0.5, 0.6) is 0 Å². The van der Waals surface area contributed by atoms with Gasteiger partial charge in [-0.15, -0.1) is 0 Å². The fourth-order valence-electron chi connectivity index (χ4n) is 2.79. The van der Waals surface area contributed by atoms with Gasteiger partial charge in [0.1, 0.15) is 17.5 Å². The normalized spacial score (nSPS) is 11.0. The Morgan fingerprint density at radius 1 is 0.810 bits per heavy atom. The average molecular weight is 272 g/mol. The van der Waals surface area contributed by atoms with E-state index in [2.05, 4.69) is 12.1 Å². The number of para-hydroxylation sites is 1. The topological polar surface area (TPSA) is 30.2 Å². The first-order chi connectivity index (χ1) is 10.4. The van der Waals surface area contributed by atoms with E-state index in [9.17, 15) is 4.79 Å². The molecule has 2 nitrogen and oxygen atoms in total. The molecule has 0 aliphatic heterocycles. The number of aldehydes is 1. The summed E-state index contributed by atoms with van der Waals surface area (Å²) in [7, 11) is 0. The molecule has 0 spiro atoms. The summed E-state index contributed by atoms with van der Waals surface area (Å²) in [5.74, 6) is 0. The average Bonchev–Trinajstić information content (AvgIpc) is 2.93. The van der Waals surface area contributed by atoms with Crippen molar-refractivity contribution in [2.24, 2.45) is 0 Å². The molecule has 0 amide bonds. The molecule has 0 aliphatic carbocycles. The van der Waals surface area contributed by atoms with E-state index < -0.39 is 0 Å². The van der Waals surface area contributed by atoms with Gasteiger partial charge in [-0.05, 0) is 29.3 Å². The van der Waals surface area contributed by atoms with Crippen LogP contribution in [0, 0.1) is 0 Å². The van der Waals surface area contributed by atoms with Crippen molar-refractivity contribution in [3.63, 3.8) is 0 Å². The Balaban J connectivity index is 2.10. The summed E-state index contributed by atoms with van der Waals surface area (Å²) in [6.07, 6.45) is 0.872. The highest BCUT2D eigenvalue weighted by Crippen LogP contribution is 2.36. The molecule has 21 heavy (non-hydrogen) atoms. The minimum Gasteiger partial charge on any atom is -0.456 e. The summed E-state index contributed by atoms with van der Waals surface area (Å²) in [5.41, 5.74) is 4.53. The third-order valence-electron chi connectivity index (χ3n) is 3.74. The van der Waals surface area contributed by atoms with Gasteiger partial charge >= 0.3 is 0 Å². The smallest absolute Gasteiger partial charge is 0.150 e. The lowest BCUT2D eigenvalue weighted by Crippen LogP contribution is -1.83. The minimum atomic E-state index is 0.678. The number of carbonyl (C=O) groups is 1. The third kappa shape index (κ3) is 1.84. The van der Waals surface area contributed by atoms with Crippen LogP contribution in [0.1, 0.15) is 10.4 Å². The van der Waals surface area contributed by atoms with Gasteiger partial charge < -0.3 is 4.42 Å². The van der Waals surface area contributed by atoms with Crippen LogP contribution in [0.2, 0.25) is 0 Å². The monoisotopic (exact) mass is 272 g/mol. The summed E-state index contributed by atoms with van der Waals surface area (Å²) >= 11 is 0. The van der Waals surface area contributed by atoms with E-state index in [0.717, 1.165) is 39.4 Å². The molecule has 0 N–H and O–H groups in total. The second-order valence-electron chi connectivity index (χ2n) is 5.02. The molecule has 0 atom stereocenters. The van der Waals surface area contributed by atoms with Gasteiger partial charge in [0, 0.05) is 16.3 Å². The highest BCUT2D eigenvalue weighted by Gasteiger charge is 2.11. The van der Waals surface area contributed by atoms with E-state index in [1.807, 2.05) is 54.6 Å². The Morgan fingerprint density at radius 2 is 1.62 bits per heavy atom. The highest BCUT2D eigenvalue weighted by molar-refractivity contribution is 6.12. The van der Waals surface area contributed by atoms with E-state index in [1.165, 1.54) is 0 Å². The van der Waals surface area contributed by atoms with Crippen molar-refractivity contribution in [3.05, 3.63) is 72.3 Å². The lowest BCUT2D eigenvalue weighted by molar-refractivity contribution is 0.112. The second kappa shape index (κ2) is 4.60. The van der Waals surface area contributed by atoms with Crippen molar-refractivity contribution in [3.8, 4) is 11.1 Å². The molecule has 100 valence electrons. The van der Waals surface area contributed by atoms with Crippen LogP contribution in [-0.4, -0.2) is 6.29 Å². The minimum absolute atomic E-state index is 0.678. The molecular formula is C19H12O2. The molecule has 0 fully saturated rings. The molecule has 1 heterocycles. The van der Waals surface area contributed by atoms with Gasteiger partial charge in [-0.2, -0.15) is 0 Å². The van der Waals surface area contributed by atoms with Crippen molar-refractivity contribution in [2.75, 3.05) is 0 Å². The van der Waals surface area contributed by atoms with Crippen molar-refractivity contribution in [1.82, 2.24) is 0 Å². The number of carbonyl (C=O) groups excluding carboxylic acids is 1. The SMILES string of the molecule is O=Cc1cccc(-c2cccc3oc4ccccc4c23)c1. The molecule has 0 bridgehead atoms. The van der Waals surface area contributed by atoms with Crippen molar-refractivity contribution in [2.45, 2.75) is 0 Å². The lowest BCUT2D eigenvalue weighted by atomic mass is 9.98. The first-order valence-corrected chi connectivity index (χ1v) is 6.83. The molecule has 0 saturated carbocycles. The summed E-state index contributed by atoms with van der Waals surface area (Å²) in [6, 6.07) is 21.7. The van der Waals surface area contributed by atoms with E-state index in [-0.39, 0.29) is 0 Å². The van der Waals surface area contributed by atoms with Crippen LogP contribution < -0.4 is 0 Å². The van der Waals surface area contributed by atoms with Gasteiger partial charge in [0.15, 0.2) is 0 Å². The zero-order chi connectivity index (χ0) is 14.2. The molecule has 2 heteroatoms. The third-order valence-corrected chi connectivity index (χ3v) is 3.74. The lowest BCUT2D eigenvalue weighted by Gasteiger charge is -2.04. The molecule has 4 aromatic rings. The van der Waals surface area contributed by atoms with Gasteiger partial charge in [-0.3, -0.25) is 4.79 Å². The quantitative estimate of drug-likeness (QED) is 0.477. The van der Waals surface area contributed by atoms with E-state index in [4.69, 9.17) is 4.42 Å². The Bertz CT molecular complexity index is 964. The molecule has 0 saturated heterocycles. The van der Waals surface area contributed by atoms with Crippen molar-refractivity contribution < 1.29 is 9.21 Å². The first kappa shape index (κ1) is 11.9. The van der Waals surface area contributed by atoms with Gasteiger partial charge in [0.05, 0.1) is 0 Å². The number of benzene rings is 3. The highest BCUT2D eigenvalue weighted by atomic mass is 16.3. The zero-order valence-corrected chi connectivity index (χ0v) is 11.2. The number of fused-ring (bicyclic) bond motifs is 3. The first-order valence-electron chi connectivity index (χ1n) is 6.83. The standard InChI is InChI=1S/C19H12O2/c20-12-13-5-3-6-14(11-13)15-8-4-10-18-19(15)16-7-1-2-9-17(16)21-18/h1-12H. The number of furan rings is 1. The summed E-state index contributed by atoms with van der Waals surface area (Å²) in [4.78, 5) is 11.0. The molecular weight excluding hydrogens is 260 g/mol. The van der Waals surface area contributed by atoms with Gasteiger partial charge in [0.2, 0.25) is 0 Å². The van der Waals surface area contributed by atoms with E-state index >= 15 is 0 Å². The van der Waals surface area contributed by atoms with E-state index in [1.54, 1.807) is 0 Å². The van der Waals surface area contributed by atoms with Gasteiger partial charge in [-0.25, -0.2) is 0 Å². The Kier molecular flexibility index (Phi) is 2.61. The maximum absolute atomic E-state index is 11.0. The number of hydrogen-bond acceptors (Lipinski definition) is 2. The predicted molar refractivity (Wildman–Crippen MR) is 84.5 cm³/mol. The van der Waals surface area contributed by atoms with Crippen LogP contribution in [0.25, 0.3) is 33.1 Å². The summed E-state index contributed by atoms with van der Waals surface area (Å²) < 4.78 is 5.90. The van der Waals surface area contributed by atoms with Crippen molar-refractivity contribution in [1.29, 1.82) is 0 Å². The van der Waals surface area contributed by atoms with Crippen LogP contribution >= 0.6 is 0 Å². The molecule has 3 aromatic carbocycles. The Labute approximate surface area is 121 Å². The fourth-order valence-corrected chi connectivity index (χ4v) is 2.79. The maximum atomic E-state index is 11.0. The summed E-state index contributed by atoms with van der Waals surface area (Å²) in [6.45, 7) is 0. The molecule has 0 aliphatic rings. The number of hydrogen-bond donors (Lipinski definition) is 0. The predicted octanol–water partition coefficient (Wildman–Crippen LogP) is 5.07.